The van der Waals surface area contributed by atoms with Crippen molar-refractivity contribution in [3.8, 4) is 0 Å². The number of amides is 1. The van der Waals surface area contributed by atoms with Crippen LogP contribution in [0.5, 0.6) is 0 Å². The lowest BCUT2D eigenvalue weighted by molar-refractivity contribution is -0.139. The fourth-order valence-corrected chi connectivity index (χ4v) is 3.12. The molecule has 2 aliphatic heterocycles. The quantitative estimate of drug-likeness (QED) is 0.863. The van der Waals surface area contributed by atoms with E-state index in [9.17, 15) is 4.79 Å². The number of carbonyl (C=O) groups excluding carboxylic acids is 1. The largest absolute Gasteiger partial charge is 0.378 e. The van der Waals surface area contributed by atoms with Gasteiger partial charge in [-0.05, 0) is 20.4 Å². The van der Waals surface area contributed by atoms with Gasteiger partial charge in [-0.15, -0.1) is 0 Å². The molecule has 0 aromatic carbocycles. The average Bonchev–Trinajstić information content (AvgIpc) is 3.09. The number of rotatable bonds is 2. The maximum absolute atomic E-state index is 12.6. The van der Waals surface area contributed by atoms with Gasteiger partial charge in [0.1, 0.15) is 5.82 Å². The van der Waals surface area contributed by atoms with E-state index in [1.54, 1.807) is 6.20 Å². The van der Waals surface area contributed by atoms with Gasteiger partial charge in [-0.3, -0.25) is 9.69 Å². The number of nitrogens with zero attached hydrogens (tertiary/aromatic N) is 3. The number of H-pyrrole nitrogens is 1. The molecule has 0 saturated carbocycles. The SMILES string of the molecule is CC1OCCC1C(=O)N1CCN(C)C(c2ncc[nH]2)C1. The van der Waals surface area contributed by atoms with Crippen LogP contribution in [0.1, 0.15) is 25.2 Å². The van der Waals surface area contributed by atoms with Crippen LogP contribution in [0, 0.1) is 5.92 Å². The summed E-state index contributed by atoms with van der Waals surface area (Å²) in [5.74, 6) is 1.19. The van der Waals surface area contributed by atoms with Gasteiger partial charge < -0.3 is 14.6 Å². The molecular weight excluding hydrogens is 256 g/mol. The number of hydrogen-bond acceptors (Lipinski definition) is 4. The highest BCUT2D eigenvalue weighted by Crippen LogP contribution is 2.27. The van der Waals surface area contributed by atoms with E-state index in [1.165, 1.54) is 0 Å². The van der Waals surface area contributed by atoms with Crippen molar-refractivity contribution in [2.45, 2.75) is 25.5 Å². The highest BCUT2D eigenvalue weighted by molar-refractivity contribution is 5.79. The van der Waals surface area contributed by atoms with Gasteiger partial charge in [-0.2, -0.15) is 0 Å². The molecule has 3 rings (SSSR count). The third-order valence-electron chi connectivity index (χ3n) is 4.49. The molecule has 6 heteroatoms. The lowest BCUT2D eigenvalue weighted by Gasteiger charge is -2.39. The average molecular weight is 278 g/mol. The van der Waals surface area contributed by atoms with Gasteiger partial charge in [-0.1, -0.05) is 0 Å². The van der Waals surface area contributed by atoms with Gasteiger partial charge >= 0.3 is 0 Å². The van der Waals surface area contributed by atoms with Crippen molar-refractivity contribution >= 4 is 5.91 Å². The van der Waals surface area contributed by atoms with Crippen LogP contribution in [0.2, 0.25) is 0 Å². The van der Waals surface area contributed by atoms with E-state index in [-0.39, 0.29) is 24.0 Å². The molecule has 0 bridgehead atoms. The molecule has 20 heavy (non-hydrogen) atoms. The Balaban J connectivity index is 1.70. The van der Waals surface area contributed by atoms with E-state index < -0.39 is 0 Å². The molecule has 3 unspecified atom stereocenters. The van der Waals surface area contributed by atoms with Gasteiger partial charge in [-0.25, -0.2) is 4.98 Å². The molecule has 1 aromatic heterocycles. The second kappa shape index (κ2) is 5.54. The van der Waals surface area contributed by atoms with Crippen molar-refractivity contribution in [1.82, 2.24) is 19.8 Å². The molecule has 1 amide bonds. The van der Waals surface area contributed by atoms with Crippen LogP contribution < -0.4 is 0 Å². The van der Waals surface area contributed by atoms with Crippen molar-refractivity contribution in [3.05, 3.63) is 18.2 Å². The molecule has 0 radical (unpaired) electrons. The van der Waals surface area contributed by atoms with Crippen LogP contribution in [0.4, 0.5) is 0 Å². The Morgan fingerprint density at radius 1 is 1.50 bits per heavy atom. The van der Waals surface area contributed by atoms with E-state index in [4.69, 9.17) is 4.74 Å². The molecule has 1 aromatic rings. The zero-order valence-corrected chi connectivity index (χ0v) is 12.1. The van der Waals surface area contributed by atoms with Crippen LogP contribution in [0.25, 0.3) is 0 Å². The van der Waals surface area contributed by atoms with Crippen LogP contribution in [-0.2, 0) is 9.53 Å². The first kappa shape index (κ1) is 13.6. The monoisotopic (exact) mass is 278 g/mol. The standard InChI is InChI=1S/C14H22N4O2/c1-10-11(3-8-20-10)14(19)18-7-6-17(2)12(9-18)13-15-4-5-16-13/h4-5,10-12H,3,6-9H2,1-2H3,(H,15,16). The molecule has 110 valence electrons. The Labute approximate surface area is 119 Å². The zero-order chi connectivity index (χ0) is 14.1. The Hall–Kier alpha value is -1.40. The molecule has 1 N–H and O–H groups in total. The fourth-order valence-electron chi connectivity index (χ4n) is 3.12. The minimum Gasteiger partial charge on any atom is -0.378 e. The minimum atomic E-state index is 0.0238. The predicted octanol–water partition coefficient (Wildman–Crippen LogP) is 0.650. The number of likely N-dealkylation sites (N-methyl/N-ethyl adjacent to an activating group) is 1. The Bertz CT molecular complexity index is 462. The second-order valence-corrected chi connectivity index (χ2v) is 5.73. The molecule has 2 aliphatic rings. The summed E-state index contributed by atoms with van der Waals surface area (Å²) in [6.07, 6.45) is 4.48. The Morgan fingerprint density at radius 2 is 2.35 bits per heavy atom. The van der Waals surface area contributed by atoms with E-state index in [1.807, 2.05) is 18.0 Å². The summed E-state index contributed by atoms with van der Waals surface area (Å²) < 4.78 is 5.52. The highest BCUT2D eigenvalue weighted by Gasteiger charge is 2.37. The number of ether oxygens (including phenoxy) is 1. The molecule has 2 fully saturated rings. The lowest BCUT2D eigenvalue weighted by atomic mass is 10.00. The van der Waals surface area contributed by atoms with Crippen LogP contribution >= 0.6 is 0 Å². The molecule has 0 aliphatic carbocycles. The summed E-state index contributed by atoms with van der Waals surface area (Å²) in [5, 5.41) is 0. The first-order chi connectivity index (χ1) is 9.66. The van der Waals surface area contributed by atoms with Crippen LogP contribution in [0.15, 0.2) is 12.4 Å². The molecule has 3 heterocycles. The number of carbonyl (C=O) groups is 1. The van der Waals surface area contributed by atoms with Gasteiger partial charge in [0.05, 0.1) is 18.1 Å². The summed E-state index contributed by atoms with van der Waals surface area (Å²) in [6.45, 7) is 5.06. The summed E-state index contributed by atoms with van der Waals surface area (Å²) in [5.41, 5.74) is 0. The van der Waals surface area contributed by atoms with E-state index >= 15 is 0 Å². The summed E-state index contributed by atoms with van der Waals surface area (Å²) in [6, 6.07) is 0.153. The zero-order valence-electron chi connectivity index (χ0n) is 12.1. The first-order valence-electron chi connectivity index (χ1n) is 7.26. The number of aromatic amines is 1. The molecule has 3 atom stereocenters. The Kier molecular flexibility index (Phi) is 3.76. The van der Waals surface area contributed by atoms with Crippen molar-refractivity contribution < 1.29 is 9.53 Å². The van der Waals surface area contributed by atoms with Gasteiger partial charge in [0.15, 0.2) is 0 Å². The number of hydrogen-bond donors (Lipinski definition) is 1. The van der Waals surface area contributed by atoms with E-state index in [0.29, 0.717) is 13.2 Å². The summed E-state index contributed by atoms with van der Waals surface area (Å²) in [4.78, 5) is 24.3. The second-order valence-electron chi connectivity index (χ2n) is 5.73. The van der Waals surface area contributed by atoms with Crippen LogP contribution in [-0.4, -0.2) is 65.1 Å². The molecule has 2 saturated heterocycles. The molecule has 0 spiro atoms. The third-order valence-corrected chi connectivity index (χ3v) is 4.49. The lowest BCUT2D eigenvalue weighted by Crippen LogP contribution is -2.51. The highest BCUT2D eigenvalue weighted by atomic mass is 16.5. The van der Waals surface area contributed by atoms with E-state index in [2.05, 4.69) is 21.9 Å². The topological polar surface area (TPSA) is 61.5 Å². The smallest absolute Gasteiger partial charge is 0.228 e. The van der Waals surface area contributed by atoms with Crippen molar-refractivity contribution in [1.29, 1.82) is 0 Å². The van der Waals surface area contributed by atoms with Crippen molar-refractivity contribution in [3.63, 3.8) is 0 Å². The van der Waals surface area contributed by atoms with Crippen LogP contribution in [0.3, 0.4) is 0 Å². The fraction of sp³-hybridized carbons (Fsp3) is 0.714. The first-order valence-corrected chi connectivity index (χ1v) is 7.26. The van der Waals surface area contributed by atoms with Gasteiger partial charge in [0.25, 0.3) is 0 Å². The summed E-state index contributed by atoms with van der Waals surface area (Å²) in [7, 11) is 2.08. The number of nitrogens with one attached hydrogen (secondary N) is 1. The van der Waals surface area contributed by atoms with Crippen molar-refractivity contribution in [2.24, 2.45) is 5.92 Å². The Morgan fingerprint density at radius 3 is 3.00 bits per heavy atom. The van der Waals surface area contributed by atoms with Gasteiger partial charge in [0.2, 0.25) is 5.91 Å². The summed E-state index contributed by atoms with van der Waals surface area (Å²) >= 11 is 0. The van der Waals surface area contributed by atoms with Gasteiger partial charge in [0, 0.05) is 38.6 Å². The molecule has 6 nitrogen and oxygen atoms in total. The number of piperazine rings is 1. The van der Waals surface area contributed by atoms with Crippen molar-refractivity contribution in [2.75, 3.05) is 33.3 Å². The number of aromatic nitrogens is 2. The maximum Gasteiger partial charge on any atom is 0.228 e. The minimum absolute atomic E-state index is 0.0238. The number of imidazole rings is 1. The maximum atomic E-state index is 12.6. The van der Waals surface area contributed by atoms with E-state index in [0.717, 1.165) is 25.3 Å². The third kappa shape index (κ3) is 2.45. The normalized spacial score (nSPS) is 31.7. The predicted molar refractivity (Wildman–Crippen MR) is 74.1 cm³/mol. The molecular formula is C14H22N4O2.